The predicted octanol–water partition coefficient (Wildman–Crippen LogP) is 5.61. The molecule has 1 atom stereocenters. The molecule has 1 aliphatic carbocycles. The average molecular weight is 478 g/mol. The van der Waals surface area contributed by atoms with E-state index in [1.54, 1.807) is 0 Å². The highest BCUT2D eigenvalue weighted by atomic mass is 15.3. The van der Waals surface area contributed by atoms with E-state index in [2.05, 4.69) is 99.6 Å². The maximum absolute atomic E-state index is 6.05. The molecule has 0 aromatic heterocycles. The SMILES string of the molecule is C=C1C=CN2C(=C1)C(Nc1ccc(N3CCN(C4CC4)CC3)cc1)=CC=C2c1ccc(C(C)N)cc1. The molecule has 3 aliphatic heterocycles. The zero-order valence-electron chi connectivity index (χ0n) is 21.0. The second-order valence-corrected chi connectivity index (χ2v) is 10.3. The number of fused-ring (bicyclic) bond motifs is 1. The van der Waals surface area contributed by atoms with Crippen molar-refractivity contribution >= 4 is 17.1 Å². The van der Waals surface area contributed by atoms with Gasteiger partial charge in [-0.15, -0.1) is 0 Å². The highest BCUT2D eigenvalue weighted by Crippen LogP contribution is 2.36. The fourth-order valence-corrected chi connectivity index (χ4v) is 5.28. The third kappa shape index (κ3) is 4.64. The molecule has 3 heterocycles. The number of benzene rings is 2. The van der Waals surface area contributed by atoms with Crippen molar-refractivity contribution in [3.63, 3.8) is 0 Å². The van der Waals surface area contributed by atoms with Crippen LogP contribution >= 0.6 is 0 Å². The van der Waals surface area contributed by atoms with Crippen molar-refractivity contribution in [1.82, 2.24) is 9.80 Å². The molecule has 1 saturated carbocycles. The van der Waals surface area contributed by atoms with Gasteiger partial charge in [-0.25, -0.2) is 0 Å². The van der Waals surface area contributed by atoms with E-state index in [1.165, 1.54) is 31.6 Å². The Hall–Kier alpha value is -3.54. The topological polar surface area (TPSA) is 47.8 Å². The second kappa shape index (κ2) is 9.49. The van der Waals surface area contributed by atoms with E-state index < -0.39 is 0 Å². The summed E-state index contributed by atoms with van der Waals surface area (Å²) >= 11 is 0. The number of piperazine rings is 1. The molecule has 5 nitrogen and oxygen atoms in total. The number of nitrogens with one attached hydrogen (secondary N) is 1. The van der Waals surface area contributed by atoms with Gasteiger partial charge in [0.15, 0.2) is 0 Å². The normalized spacial score (nSPS) is 20.9. The summed E-state index contributed by atoms with van der Waals surface area (Å²) in [4.78, 5) is 7.39. The minimum absolute atomic E-state index is 0.0301. The number of rotatable bonds is 6. The fourth-order valence-electron chi connectivity index (χ4n) is 5.28. The molecule has 2 fully saturated rings. The van der Waals surface area contributed by atoms with Crippen LogP contribution < -0.4 is 16.0 Å². The van der Waals surface area contributed by atoms with Gasteiger partial charge < -0.3 is 20.9 Å². The standard InChI is InChI=1S/C31H35N5/c1-22-15-16-36-30(25-5-3-24(4-6-25)23(2)32)14-13-29(31(36)21-22)33-26-7-9-27(10-8-26)34-17-19-35(20-18-34)28-11-12-28/h3-10,13-16,21,23,28,33H,1,11-12,17-20,32H2,2H3. The van der Waals surface area contributed by atoms with Gasteiger partial charge in [-0.3, -0.25) is 4.90 Å². The van der Waals surface area contributed by atoms with E-state index in [4.69, 9.17) is 5.73 Å². The Kier molecular flexibility index (Phi) is 6.04. The first-order valence-electron chi connectivity index (χ1n) is 13.1. The van der Waals surface area contributed by atoms with Crippen molar-refractivity contribution in [3.8, 4) is 0 Å². The lowest BCUT2D eigenvalue weighted by Gasteiger charge is -2.36. The average Bonchev–Trinajstić information content (AvgIpc) is 3.75. The second-order valence-electron chi connectivity index (χ2n) is 10.3. The Labute approximate surface area is 214 Å². The third-order valence-corrected chi connectivity index (χ3v) is 7.58. The van der Waals surface area contributed by atoms with Crippen LogP contribution in [0.2, 0.25) is 0 Å². The van der Waals surface area contributed by atoms with Crippen LogP contribution in [0.4, 0.5) is 11.4 Å². The van der Waals surface area contributed by atoms with Crippen molar-refractivity contribution < 1.29 is 0 Å². The quantitative estimate of drug-likeness (QED) is 0.566. The van der Waals surface area contributed by atoms with Crippen LogP contribution in [0.15, 0.2) is 103 Å². The monoisotopic (exact) mass is 477 g/mol. The molecule has 6 rings (SSSR count). The van der Waals surface area contributed by atoms with Crippen LogP contribution in [0.5, 0.6) is 0 Å². The number of allylic oxidation sites excluding steroid dienone is 5. The molecule has 2 aromatic carbocycles. The van der Waals surface area contributed by atoms with E-state index in [0.29, 0.717) is 0 Å². The van der Waals surface area contributed by atoms with Crippen molar-refractivity contribution in [1.29, 1.82) is 0 Å². The lowest BCUT2D eigenvalue weighted by molar-refractivity contribution is 0.248. The highest BCUT2D eigenvalue weighted by Gasteiger charge is 2.31. The maximum Gasteiger partial charge on any atom is 0.0697 e. The lowest BCUT2D eigenvalue weighted by Crippen LogP contribution is -2.47. The Morgan fingerprint density at radius 2 is 1.64 bits per heavy atom. The first kappa shape index (κ1) is 22.9. The van der Waals surface area contributed by atoms with Crippen LogP contribution in [-0.4, -0.2) is 42.0 Å². The van der Waals surface area contributed by atoms with Crippen LogP contribution in [0.25, 0.3) is 5.70 Å². The highest BCUT2D eigenvalue weighted by molar-refractivity contribution is 5.75. The largest absolute Gasteiger partial charge is 0.369 e. The van der Waals surface area contributed by atoms with Crippen LogP contribution in [0.3, 0.4) is 0 Å². The minimum atomic E-state index is 0.0301. The third-order valence-electron chi connectivity index (χ3n) is 7.58. The van der Waals surface area contributed by atoms with Gasteiger partial charge in [-0.2, -0.15) is 0 Å². The van der Waals surface area contributed by atoms with Crippen LogP contribution in [0, 0.1) is 0 Å². The van der Waals surface area contributed by atoms with Gasteiger partial charge in [0, 0.05) is 55.8 Å². The van der Waals surface area contributed by atoms with E-state index in [-0.39, 0.29) is 6.04 Å². The Morgan fingerprint density at radius 3 is 2.31 bits per heavy atom. The molecular formula is C31H35N5. The summed E-state index contributed by atoms with van der Waals surface area (Å²) in [5.74, 6) is 0. The summed E-state index contributed by atoms with van der Waals surface area (Å²) in [5.41, 5.74) is 15.0. The summed E-state index contributed by atoms with van der Waals surface area (Å²) in [6.07, 6.45) is 13.4. The molecule has 0 radical (unpaired) electrons. The maximum atomic E-state index is 6.05. The van der Waals surface area contributed by atoms with E-state index in [0.717, 1.165) is 58.6 Å². The molecule has 36 heavy (non-hydrogen) atoms. The van der Waals surface area contributed by atoms with Gasteiger partial charge >= 0.3 is 0 Å². The van der Waals surface area contributed by atoms with Crippen molar-refractivity contribution in [3.05, 3.63) is 114 Å². The van der Waals surface area contributed by atoms with Crippen molar-refractivity contribution in [2.75, 3.05) is 36.4 Å². The number of anilines is 2. The van der Waals surface area contributed by atoms with Gasteiger partial charge in [0.25, 0.3) is 0 Å². The zero-order valence-corrected chi connectivity index (χ0v) is 21.0. The lowest BCUT2D eigenvalue weighted by atomic mass is 9.99. The van der Waals surface area contributed by atoms with Crippen LogP contribution in [0.1, 0.15) is 36.9 Å². The number of hydrogen-bond donors (Lipinski definition) is 2. The molecule has 0 amide bonds. The molecule has 1 saturated heterocycles. The minimum Gasteiger partial charge on any atom is -0.369 e. The smallest absolute Gasteiger partial charge is 0.0697 e. The zero-order chi connectivity index (χ0) is 24.6. The van der Waals surface area contributed by atoms with Gasteiger partial charge in [0.1, 0.15) is 0 Å². The molecule has 5 heteroatoms. The molecular weight excluding hydrogens is 442 g/mol. The summed E-state index contributed by atoms with van der Waals surface area (Å²) in [6, 6.07) is 18.3. The first-order valence-corrected chi connectivity index (χ1v) is 13.1. The number of nitrogens with two attached hydrogens (primary N) is 1. The summed E-state index contributed by atoms with van der Waals surface area (Å²) in [6.45, 7) is 10.8. The van der Waals surface area contributed by atoms with Gasteiger partial charge in [-0.1, -0.05) is 30.8 Å². The van der Waals surface area contributed by atoms with Crippen molar-refractivity contribution in [2.45, 2.75) is 31.8 Å². The van der Waals surface area contributed by atoms with Crippen LogP contribution in [-0.2, 0) is 0 Å². The van der Waals surface area contributed by atoms with Crippen molar-refractivity contribution in [2.24, 2.45) is 5.73 Å². The predicted molar refractivity (Wildman–Crippen MR) is 150 cm³/mol. The molecule has 3 N–H and O–H groups in total. The summed E-state index contributed by atoms with van der Waals surface area (Å²) < 4.78 is 0. The van der Waals surface area contributed by atoms with Gasteiger partial charge in [0.05, 0.1) is 17.1 Å². The van der Waals surface area contributed by atoms with E-state index in [1.807, 2.05) is 13.0 Å². The molecule has 184 valence electrons. The summed E-state index contributed by atoms with van der Waals surface area (Å²) in [5, 5.41) is 3.65. The fraction of sp³-hybridized carbons (Fsp3) is 0.290. The Balaban J connectivity index is 1.20. The molecule has 4 aliphatic rings. The van der Waals surface area contributed by atoms with Gasteiger partial charge in [-0.05, 0) is 85.0 Å². The first-order chi connectivity index (χ1) is 17.5. The number of hydrogen-bond acceptors (Lipinski definition) is 5. The van der Waals surface area contributed by atoms with E-state index >= 15 is 0 Å². The van der Waals surface area contributed by atoms with Gasteiger partial charge in [0.2, 0.25) is 0 Å². The van der Waals surface area contributed by atoms with E-state index in [9.17, 15) is 0 Å². The Bertz CT molecular complexity index is 1250. The Morgan fingerprint density at radius 1 is 0.917 bits per heavy atom. The molecule has 0 bridgehead atoms. The summed E-state index contributed by atoms with van der Waals surface area (Å²) in [7, 11) is 0. The molecule has 2 aromatic rings. The number of nitrogens with zero attached hydrogens (tertiary/aromatic N) is 3. The molecule has 0 spiro atoms. The molecule has 1 unspecified atom stereocenters.